The zero-order chi connectivity index (χ0) is 9.64. The smallest absolute Gasteiger partial charge is 0.0598 e. The summed E-state index contributed by atoms with van der Waals surface area (Å²) < 4.78 is 1.44. The number of nitrogens with one attached hydrogen (secondary N) is 1. The van der Waals surface area contributed by atoms with Crippen molar-refractivity contribution in [1.29, 1.82) is 0 Å². The molecule has 0 spiro atoms. The van der Waals surface area contributed by atoms with Crippen LogP contribution in [-0.2, 0) is 0 Å². The van der Waals surface area contributed by atoms with Crippen LogP contribution in [0.25, 0.3) is 0 Å². The molecule has 2 nitrogen and oxygen atoms in total. The maximum absolute atomic E-state index is 3.37. The zero-order valence-electron chi connectivity index (χ0n) is 8.24. The van der Waals surface area contributed by atoms with Gasteiger partial charge >= 0.3 is 0 Å². The Hall–Kier alpha value is -0.0300. The summed E-state index contributed by atoms with van der Waals surface area (Å²) in [5.74, 6) is 1.22. The van der Waals surface area contributed by atoms with E-state index in [0.29, 0.717) is 0 Å². The average molecular weight is 228 g/mol. The number of thioether (sulfide) groups is 1. The molecular formula is C10H16N2S2. The molecule has 1 aromatic heterocycles. The first-order chi connectivity index (χ1) is 6.95. The van der Waals surface area contributed by atoms with E-state index in [1.165, 1.54) is 29.6 Å². The van der Waals surface area contributed by atoms with Gasteiger partial charge in [0.2, 0.25) is 0 Å². The van der Waals surface area contributed by atoms with Gasteiger partial charge in [0.15, 0.2) is 0 Å². The molecule has 2 rings (SSSR count). The van der Waals surface area contributed by atoms with Crippen molar-refractivity contribution >= 4 is 23.1 Å². The number of hydrogen-bond donors (Lipinski definition) is 1. The fourth-order valence-electron chi connectivity index (χ4n) is 1.56. The van der Waals surface area contributed by atoms with Crippen molar-refractivity contribution in [2.24, 2.45) is 0 Å². The molecule has 0 aromatic carbocycles. The van der Waals surface area contributed by atoms with Crippen molar-refractivity contribution in [3.63, 3.8) is 0 Å². The maximum Gasteiger partial charge on any atom is 0.0598 e. The van der Waals surface area contributed by atoms with E-state index in [1.54, 1.807) is 0 Å². The van der Waals surface area contributed by atoms with Gasteiger partial charge in [-0.15, -0.1) is 23.1 Å². The van der Waals surface area contributed by atoms with Crippen LogP contribution in [0.3, 0.4) is 0 Å². The first-order valence-electron chi connectivity index (χ1n) is 5.04. The molecule has 1 N–H and O–H groups in total. The predicted molar refractivity (Wildman–Crippen MR) is 64.4 cm³/mol. The van der Waals surface area contributed by atoms with Crippen LogP contribution < -0.4 is 5.32 Å². The Morgan fingerprint density at radius 2 is 2.29 bits per heavy atom. The number of hydrogen-bond acceptors (Lipinski definition) is 4. The van der Waals surface area contributed by atoms with Crippen molar-refractivity contribution in [2.45, 2.75) is 4.21 Å². The minimum absolute atomic E-state index is 1.16. The molecule has 0 saturated carbocycles. The molecule has 0 atom stereocenters. The summed E-state index contributed by atoms with van der Waals surface area (Å²) in [6, 6.07) is 4.32. The largest absolute Gasteiger partial charge is 0.314 e. The molecule has 1 aliphatic rings. The van der Waals surface area contributed by atoms with Gasteiger partial charge in [0.25, 0.3) is 0 Å². The minimum Gasteiger partial charge on any atom is -0.314 e. The zero-order valence-corrected chi connectivity index (χ0v) is 9.87. The van der Waals surface area contributed by atoms with Crippen LogP contribution in [0.5, 0.6) is 0 Å². The van der Waals surface area contributed by atoms with Crippen molar-refractivity contribution < 1.29 is 0 Å². The molecule has 0 unspecified atom stereocenters. The topological polar surface area (TPSA) is 15.3 Å². The van der Waals surface area contributed by atoms with E-state index in [1.807, 2.05) is 23.1 Å². The molecule has 0 aliphatic carbocycles. The molecule has 1 saturated heterocycles. The molecule has 4 heteroatoms. The fraction of sp³-hybridized carbons (Fsp3) is 0.600. The number of thiophene rings is 1. The van der Waals surface area contributed by atoms with Gasteiger partial charge in [0, 0.05) is 38.5 Å². The molecule has 0 bridgehead atoms. The van der Waals surface area contributed by atoms with E-state index in [9.17, 15) is 0 Å². The summed E-state index contributed by atoms with van der Waals surface area (Å²) in [6.07, 6.45) is 0. The van der Waals surface area contributed by atoms with Crippen LogP contribution >= 0.6 is 23.1 Å². The van der Waals surface area contributed by atoms with Gasteiger partial charge in [-0.05, 0) is 11.4 Å². The van der Waals surface area contributed by atoms with Gasteiger partial charge in [-0.2, -0.15) is 0 Å². The Labute approximate surface area is 93.7 Å². The SMILES string of the molecule is c1csc(SCCN2CCNCC2)c1. The number of piperazine rings is 1. The first-order valence-corrected chi connectivity index (χ1v) is 6.91. The van der Waals surface area contributed by atoms with Gasteiger partial charge in [0.1, 0.15) is 0 Å². The standard InChI is InChI=1S/C10H16N2S2/c1-2-10(13-8-1)14-9-7-12-5-3-11-4-6-12/h1-2,8,11H,3-7,9H2. The molecule has 1 fully saturated rings. The monoisotopic (exact) mass is 228 g/mol. The Balaban J connectivity index is 1.62. The lowest BCUT2D eigenvalue weighted by Gasteiger charge is -2.26. The summed E-state index contributed by atoms with van der Waals surface area (Å²) in [4.78, 5) is 2.54. The number of rotatable bonds is 4. The third kappa shape index (κ3) is 3.28. The summed E-state index contributed by atoms with van der Waals surface area (Å²) in [5.41, 5.74) is 0. The molecule has 2 heterocycles. The second kappa shape index (κ2) is 5.75. The summed E-state index contributed by atoms with van der Waals surface area (Å²) >= 11 is 3.82. The first kappa shape index (κ1) is 10.5. The highest BCUT2D eigenvalue weighted by atomic mass is 32.2. The molecular weight excluding hydrogens is 212 g/mol. The normalized spacial score (nSPS) is 18.6. The van der Waals surface area contributed by atoms with E-state index >= 15 is 0 Å². The highest BCUT2D eigenvalue weighted by molar-refractivity contribution is 8.01. The van der Waals surface area contributed by atoms with E-state index < -0.39 is 0 Å². The Kier molecular flexibility index (Phi) is 4.31. The van der Waals surface area contributed by atoms with E-state index in [-0.39, 0.29) is 0 Å². The van der Waals surface area contributed by atoms with E-state index in [0.717, 1.165) is 13.1 Å². The lowest BCUT2D eigenvalue weighted by atomic mass is 10.4. The third-order valence-corrected chi connectivity index (χ3v) is 4.47. The maximum atomic E-state index is 3.37. The summed E-state index contributed by atoms with van der Waals surface area (Å²) in [6.45, 7) is 5.97. The number of nitrogens with zero attached hydrogens (tertiary/aromatic N) is 1. The Morgan fingerprint density at radius 3 is 3.00 bits per heavy atom. The highest BCUT2D eigenvalue weighted by Crippen LogP contribution is 2.22. The molecule has 1 aliphatic heterocycles. The van der Waals surface area contributed by atoms with Crippen LogP contribution in [-0.4, -0.2) is 43.4 Å². The van der Waals surface area contributed by atoms with Crippen molar-refractivity contribution in [1.82, 2.24) is 10.2 Å². The van der Waals surface area contributed by atoms with Crippen molar-refractivity contribution in [3.05, 3.63) is 17.5 Å². The summed E-state index contributed by atoms with van der Waals surface area (Å²) in [5, 5.41) is 5.52. The molecule has 0 amide bonds. The van der Waals surface area contributed by atoms with Gasteiger partial charge < -0.3 is 5.32 Å². The third-order valence-electron chi connectivity index (χ3n) is 2.36. The van der Waals surface area contributed by atoms with Crippen LogP contribution in [0.4, 0.5) is 0 Å². The lowest BCUT2D eigenvalue weighted by molar-refractivity contribution is 0.255. The highest BCUT2D eigenvalue weighted by Gasteiger charge is 2.08. The average Bonchev–Trinajstić information content (AvgIpc) is 2.72. The van der Waals surface area contributed by atoms with Crippen LogP contribution in [0.1, 0.15) is 0 Å². The van der Waals surface area contributed by atoms with Crippen molar-refractivity contribution in [2.75, 3.05) is 38.5 Å². The molecule has 14 heavy (non-hydrogen) atoms. The second-order valence-electron chi connectivity index (χ2n) is 3.37. The minimum atomic E-state index is 1.16. The Morgan fingerprint density at radius 1 is 1.43 bits per heavy atom. The lowest BCUT2D eigenvalue weighted by Crippen LogP contribution is -2.44. The predicted octanol–water partition coefficient (Wildman–Crippen LogP) is 1.75. The van der Waals surface area contributed by atoms with E-state index in [2.05, 4.69) is 27.7 Å². The summed E-state index contributed by atoms with van der Waals surface area (Å²) in [7, 11) is 0. The molecule has 0 radical (unpaired) electrons. The van der Waals surface area contributed by atoms with Crippen LogP contribution in [0, 0.1) is 0 Å². The fourth-order valence-corrected chi connectivity index (χ4v) is 3.42. The Bertz CT molecular complexity index is 243. The molecule has 1 aromatic rings. The van der Waals surface area contributed by atoms with Gasteiger partial charge in [0.05, 0.1) is 4.21 Å². The van der Waals surface area contributed by atoms with Gasteiger partial charge in [-0.3, -0.25) is 4.90 Å². The second-order valence-corrected chi connectivity index (χ2v) is 5.72. The molecule has 78 valence electrons. The quantitative estimate of drug-likeness (QED) is 0.790. The van der Waals surface area contributed by atoms with Gasteiger partial charge in [-0.1, -0.05) is 6.07 Å². The van der Waals surface area contributed by atoms with Crippen LogP contribution in [0.2, 0.25) is 0 Å². The van der Waals surface area contributed by atoms with E-state index in [4.69, 9.17) is 0 Å². The van der Waals surface area contributed by atoms with Crippen molar-refractivity contribution in [3.8, 4) is 0 Å². The van der Waals surface area contributed by atoms with Crippen LogP contribution in [0.15, 0.2) is 21.7 Å². The van der Waals surface area contributed by atoms with Gasteiger partial charge in [-0.25, -0.2) is 0 Å².